The number of alkyl halides is 6. The number of amides is 1. The fourth-order valence-electron chi connectivity index (χ4n) is 1.03. The molecule has 0 aromatic heterocycles. The average Bonchev–Trinajstić information content (AvgIpc) is 2.23. The van der Waals surface area contributed by atoms with Crippen molar-refractivity contribution in [1.29, 1.82) is 0 Å². The molecule has 11 heteroatoms. The number of rotatable bonds is 1. The summed E-state index contributed by atoms with van der Waals surface area (Å²) in [6.45, 7) is 0. The van der Waals surface area contributed by atoms with Gasteiger partial charge in [0.25, 0.3) is 5.95 Å². The smallest absolute Gasteiger partial charge is 0.267 e. The maximum Gasteiger partial charge on any atom is 0.403 e. The van der Waals surface area contributed by atoms with Gasteiger partial charge in [0.15, 0.2) is 0 Å². The molecule has 1 fully saturated rings. The topological polar surface area (TPSA) is 20.3 Å². The average molecular weight is 273 g/mol. The van der Waals surface area contributed by atoms with Crippen molar-refractivity contribution in [3.63, 3.8) is 0 Å². The van der Waals surface area contributed by atoms with E-state index in [4.69, 9.17) is 0 Å². The molecule has 0 aliphatic carbocycles. The summed E-state index contributed by atoms with van der Waals surface area (Å²) in [6.07, 6.45) is -3.61. The van der Waals surface area contributed by atoms with Gasteiger partial charge in [0.05, 0.1) is 0 Å². The van der Waals surface area contributed by atoms with Crippen LogP contribution in [0.1, 0.15) is 0 Å². The van der Waals surface area contributed by atoms with Gasteiger partial charge in [-0.25, -0.2) is 4.90 Å². The van der Waals surface area contributed by atoms with Crippen LogP contribution in [0.4, 0.5) is 39.5 Å². The van der Waals surface area contributed by atoms with Crippen molar-refractivity contribution >= 4 is 5.91 Å². The first-order valence-corrected chi connectivity index (χ1v) is 3.58. The SMILES string of the molecule is O=C1N(C(F)=C(F)F)C(F)(F)C(F)(F)C1(F)F. The molecule has 0 spiro atoms. The minimum Gasteiger partial charge on any atom is -0.267 e. The van der Waals surface area contributed by atoms with E-state index in [0.29, 0.717) is 0 Å². The molecule has 0 saturated carbocycles. The first-order valence-electron chi connectivity index (χ1n) is 3.58. The molecule has 17 heavy (non-hydrogen) atoms. The van der Waals surface area contributed by atoms with Crippen LogP contribution in [-0.2, 0) is 4.79 Å². The molecule has 1 aliphatic heterocycles. The van der Waals surface area contributed by atoms with Crippen molar-refractivity contribution in [3.05, 3.63) is 12.0 Å². The second-order valence-electron chi connectivity index (χ2n) is 2.88. The Morgan fingerprint density at radius 1 is 0.941 bits per heavy atom. The van der Waals surface area contributed by atoms with Crippen LogP contribution in [0.25, 0.3) is 0 Å². The van der Waals surface area contributed by atoms with Crippen LogP contribution >= 0.6 is 0 Å². The monoisotopic (exact) mass is 273 g/mol. The number of nitrogens with zero attached hydrogens (tertiary/aromatic N) is 1. The highest BCUT2D eigenvalue weighted by Gasteiger charge is 2.86. The quantitative estimate of drug-likeness (QED) is 0.531. The molecule has 0 radical (unpaired) electrons. The summed E-state index contributed by atoms with van der Waals surface area (Å²) >= 11 is 0. The number of carbonyl (C=O) groups is 1. The van der Waals surface area contributed by atoms with Gasteiger partial charge in [-0.15, -0.1) is 0 Å². The summed E-state index contributed by atoms with van der Waals surface area (Å²) in [5.41, 5.74) is 0. The number of hydrogen-bond acceptors (Lipinski definition) is 1. The third-order valence-corrected chi connectivity index (χ3v) is 1.88. The maximum atomic E-state index is 12.6. The molecule has 1 amide bonds. The zero-order valence-corrected chi connectivity index (χ0v) is 7.26. The number of carbonyl (C=O) groups excluding carboxylic acids is 1. The highest BCUT2D eigenvalue weighted by Crippen LogP contribution is 2.55. The fraction of sp³-hybridized carbons (Fsp3) is 0.500. The van der Waals surface area contributed by atoms with Crippen molar-refractivity contribution in [3.8, 4) is 0 Å². The lowest BCUT2D eigenvalue weighted by Gasteiger charge is -2.23. The van der Waals surface area contributed by atoms with Gasteiger partial charge in [-0.05, 0) is 0 Å². The maximum absolute atomic E-state index is 12.6. The Labute approximate surface area is 86.3 Å². The van der Waals surface area contributed by atoms with Crippen molar-refractivity contribution < 1.29 is 44.3 Å². The molecular weight excluding hydrogens is 273 g/mol. The zero-order valence-electron chi connectivity index (χ0n) is 7.26. The Bertz CT molecular complexity index is 396. The van der Waals surface area contributed by atoms with Crippen LogP contribution in [0.3, 0.4) is 0 Å². The highest BCUT2D eigenvalue weighted by atomic mass is 19.3. The van der Waals surface area contributed by atoms with E-state index >= 15 is 0 Å². The minimum absolute atomic E-state index is 2.25. The molecule has 2 nitrogen and oxygen atoms in total. The predicted molar refractivity (Wildman–Crippen MR) is 32.0 cm³/mol. The summed E-state index contributed by atoms with van der Waals surface area (Å²) in [7, 11) is 0. The van der Waals surface area contributed by atoms with Crippen LogP contribution in [0.5, 0.6) is 0 Å². The van der Waals surface area contributed by atoms with E-state index in [1.165, 1.54) is 0 Å². The molecular formula is C6F9NO. The molecule has 1 aliphatic rings. The van der Waals surface area contributed by atoms with Gasteiger partial charge in [-0.3, -0.25) is 4.79 Å². The lowest BCUT2D eigenvalue weighted by molar-refractivity contribution is -0.291. The number of halogens is 9. The van der Waals surface area contributed by atoms with Gasteiger partial charge >= 0.3 is 29.9 Å². The molecule has 98 valence electrons. The Morgan fingerprint density at radius 2 is 1.35 bits per heavy atom. The van der Waals surface area contributed by atoms with Crippen LogP contribution < -0.4 is 0 Å². The lowest BCUT2D eigenvalue weighted by Crippen LogP contribution is -2.50. The summed E-state index contributed by atoms with van der Waals surface area (Å²) in [6, 6.07) is -6.10. The van der Waals surface area contributed by atoms with Gasteiger partial charge < -0.3 is 0 Å². The third-order valence-electron chi connectivity index (χ3n) is 1.88. The Morgan fingerprint density at radius 3 is 1.59 bits per heavy atom. The van der Waals surface area contributed by atoms with E-state index in [1.807, 2.05) is 0 Å². The molecule has 1 rings (SSSR count). The molecule has 1 saturated heterocycles. The second kappa shape index (κ2) is 3.29. The van der Waals surface area contributed by atoms with Gasteiger partial charge in [-0.1, -0.05) is 0 Å². The first-order chi connectivity index (χ1) is 7.39. The van der Waals surface area contributed by atoms with Gasteiger partial charge in [0, 0.05) is 0 Å². The molecule has 0 N–H and O–H groups in total. The number of likely N-dealkylation sites (tertiary alicyclic amines) is 1. The van der Waals surface area contributed by atoms with Crippen molar-refractivity contribution in [2.24, 2.45) is 0 Å². The van der Waals surface area contributed by atoms with E-state index < -0.39 is 40.7 Å². The summed E-state index contributed by atoms with van der Waals surface area (Å²) in [5.74, 6) is -19.2. The molecule has 0 bridgehead atoms. The van der Waals surface area contributed by atoms with Crippen LogP contribution in [0.15, 0.2) is 12.0 Å². The van der Waals surface area contributed by atoms with Crippen LogP contribution in [0.2, 0.25) is 0 Å². The third kappa shape index (κ3) is 1.40. The normalized spacial score (nSPS) is 25.0. The van der Waals surface area contributed by atoms with Crippen molar-refractivity contribution in [2.45, 2.75) is 17.9 Å². The molecule has 0 atom stereocenters. The van der Waals surface area contributed by atoms with E-state index in [2.05, 4.69) is 0 Å². The van der Waals surface area contributed by atoms with E-state index in [0.717, 1.165) is 0 Å². The van der Waals surface area contributed by atoms with Crippen molar-refractivity contribution in [2.75, 3.05) is 0 Å². The first kappa shape index (κ1) is 13.6. The Hall–Kier alpha value is -1.42. The summed E-state index contributed by atoms with van der Waals surface area (Å²) in [4.78, 5) is 8.16. The Kier molecular flexibility index (Phi) is 2.64. The minimum atomic E-state index is -6.30. The highest BCUT2D eigenvalue weighted by molar-refractivity contribution is 5.89. The van der Waals surface area contributed by atoms with Gasteiger partial charge in [-0.2, -0.15) is 39.5 Å². The fourth-order valence-corrected chi connectivity index (χ4v) is 1.03. The number of hydrogen-bond donors (Lipinski definition) is 0. The summed E-state index contributed by atoms with van der Waals surface area (Å²) < 4.78 is 110. The second-order valence-corrected chi connectivity index (χ2v) is 2.88. The molecule has 0 unspecified atom stereocenters. The molecule has 1 heterocycles. The zero-order chi connectivity index (χ0) is 13.8. The van der Waals surface area contributed by atoms with Crippen LogP contribution in [0, 0.1) is 0 Å². The van der Waals surface area contributed by atoms with E-state index in [9.17, 15) is 44.3 Å². The van der Waals surface area contributed by atoms with E-state index in [1.54, 1.807) is 0 Å². The standard InChI is InChI=1S/C6F9NO/c7-1(8)2(9)16-3(17)4(10,11)5(12,13)6(16,14)15. The van der Waals surface area contributed by atoms with Gasteiger partial charge in [0.1, 0.15) is 0 Å². The van der Waals surface area contributed by atoms with E-state index in [-0.39, 0.29) is 0 Å². The van der Waals surface area contributed by atoms with Crippen molar-refractivity contribution in [1.82, 2.24) is 4.90 Å². The van der Waals surface area contributed by atoms with Crippen LogP contribution in [-0.4, -0.2) is 28.7 Å². The summed E-state index contributed by atoms with van der Waals surface area (Å²) in [5, 5.41) is 0. The lowest BCUT2D eigenvalue weighted by atomic mass is 10.2. The van der Waals surface area contributed by atoms with Gasteiger partial charge in [0.2, 0.25) is 0 Å². The molecule has 0 aromatic rings. The Balaban J connectivity index is 3.47. The predicted octanol–water partition coefficient (Wildman–Crippen LogP) is 2.73. The largest absolute Gasteiger partial charge is 0.403 e. The molecule has 0 aromatic carbocycles.